The van der Waals surface area contributed by atoms with Gasteiger partial charge in [0.2, 0.25) is 0 Å². The van der Waals surface area contributed by atoms with E-state index in [0.717, 1.165) is 29.2 Å². The van der Waals surface area contributed by atoms with E-state index in [1.54, 1.807) is 11.8 Å². The predicted molar refractivity (Wildman–Crippen MR) is 120 cm³/mol. The molecule has 0 unspecified atom stereocenters. The minimum atomic E-state index is -0.0604. The first-order valence-electron chi connectivity index (χ1n) is 10.4. The van der Waals surface area contributed by atoms with Gasteiger partial charge in [0.1, 0.15) is 5.76 Å². The Labute approximate surface area is 186 Å². The maximum Gasteiger partial charge on any atom is 0.254 e. The molecule has 1 aliphatic rings. The Hall–Kier alpha value is -3.06. The number of benzene rings is 2. The van der Waals surface area contributed by atoms with Crippen LogP contribution in [0, 0.1) is 6.92 Å². The van der Waals surface area contributed by atoms with Gasteiger partial charge < -0.3 is 14.7 Å². The molecule has 6 nitrogen and oxygen atoms in total. The number of aryl methyl sites for hydroxylation is 1. The monoisotopic (exact) mass is 435 g/mol. The van der Waals surface area contributed by atoms with Gasteiger partial charge in [0.15, 0.2) is 0 Å². The molecule has 1 saturated heterocycles. The van der Waals surface area contributed by atoms with Crippen molar-refractivity contribution in [3.63, 3.8) is 0 Å². The minimum Gasteiger partial charge on any atom is -0.360 e. The van der Waals surface area contributed by atoms with Gasteiger partial charge in [-0.25, -0.2) is 0 Å². The van der Waals surface area contributed by atoms with Gasteiger partial charge in [-0.1, -0.05) is 35.5 Å². The number of piperidine rings is 1. The summed E-state index contributed by atoms with van der Waals surface area (Å²) in [5, 5.41) is 7.00. The lowest BCUT2D eigenvalue weighted by atomic mass is 10.0. The van der Waals surface area contributed by atoms with Gasteiger partial charge in [0, 0.05) is 35.7 Å². The van der Waals surface area contributed by atoms with Crippen molar-refractivity contribution in [2.45, 2.75) is 36.5 Å². The SMILES string of the molecule is Cc1cc(CSc2ccccc2C(=O)N2CCC(NC(=O)c3ccccc3)CC2)on1. The molecule has 0 atom stereocenters. The average molecular weight is 436 g/mol. The molecule has 0 saturated carbocycles. The molecule has 2 amide bonds. The molecular weight excluding hydrogens is 410 g/mol. The van der Waals surface area contributed by atoms with E-state index in [0.29, 0.717) is 30.0 Å². The summed E-state index contributed by atoms with van der Waals surface area (Å²) < 4.78 is 5.28. The number of carbonyl (C=O) groups is 2. The Morgan fingerprint density at radius 2 is 1.81 bits per heavy atom. The highest BCUT2D eigenvalue weighted by atomic mass is 32.2. The second-order valence-corrected chi connectivity index (χ2v) is 8.64. The summed E-state index contributed by atoms with van der Waals surface area (Å²) >= 11 is 1.57. The third kappa shape index (κ3) is 5.35. The summed E-state index contributed by atoms with van der Waals surface area (Å²) in [7, 11) is 0. The first-order valence-corrected chi connectivity index (χ1v) is 11.4. The van der Waals surface area contributed by atoms with Crippen LogP contribution in [-0.4, -0.2) is 41.0 Å². The molecule has 0 aliphatic carbocycles. The molecule has 0 spiro atoms. The highest BCUT2D eigenvalue weighted by Gasteiger charge is 2.26. The second kappa shape index (κ2) is 9.83. The normalized spacial score (nSPS) is 14.4. The van der Waals surface area contributed by atoms with Gasteiger partial charge in [-0.3, -0.25) is 9.59 Å². The number of carbonyl (C=O) groups excluding carboxylic acids is 2. The third-order valence-corrected chi connectivity index (χ3v) is 6.41. The largest absolute Gasteiger partial charge is 0.360 e. The van der Waals surface area contributed by atoms with Gasteiger partial charge >= 0.3 is 0 Å². The van der Waals surface area contributed by atoms with Crippen molar-refractivity contribution in [2.75, 3.05) is 13.1 Å². The quantitative estimate of drug-likeness (QED) is 0.584. The summed E-state index contributed by atoms with van der Waals surface area (Å²) in [4.78, 5) is 28.4. The lowest BCUT2D eigenvalue weighted by molar-refractivity contribution is 0.0694. The van der Waals surface area contributed by atoms with E-state index >= 15 is 0 Å². The van der Waals surface area contributed by atoms with Crippen LogP contribution in [0.25, 0.3) is 0 Å². The van der Waals surface area contributed by atoms with Crippen LogP contribution in [0.15, 0.2) is 70.1 Å². The molecule has 2 heterocycles. The molecule has 1 aromatic heterocycles. The topological polar surface area (TPSA) is 75.4 Å². The Balaban J connectivity index is 1.34. The summed E-state index contributed by atoms with van der Waals surface area (Å²) in [6.07, 6.45) is 1.49. The maximum atomic E-state index is 13.2. The van der Waals surface area contributed by atoms with E-state index in [2.05, 4.69) is 10.5 Å². The van der Waals surface area contributed by atoms with Crippen molar-refractivity contribution >= 4 is 23.6 Å². The van der Waals surface area contributed by atoms with Crippen LogP contribution in [0.2, 0.25) is 0 Å². The summed E-state index contributed by atoms with van der Waals surface area (Å²) in [6, 6.07) is 18.9. The van der Waals surface area contributed by atoms with Crippen molar-refractivity contribution < 1.29 is 14.1 Å². The van der Waals surface area contributed by atoms with E-state index < -0.39 is 0 Å². The molecule has 31 heavy (non-hydrogen) atoms. The number of rotatable bonds is 6. The number of amides is 2. The van der Waals surface area contributed by atoms with Crippen molar-refractivity contribution in [2.24, 2.45) is 0 Å². The standard InChI is InChI=1S/C24H25N3O3S/c1-17-15-20(30-26-17)16-31-22-10-6-5-9-21(22)24(29)27-13-11-19(12-14-27)25-23(28)18-7-3-2-4-8-18/h2-10,15,19H,11-14,16H2,1H3,(H,25,28). The van der Waals surface area contributed by atoms with E-state index in [9.17, 15) is 9.59 Å². The molecule has 1 aliphatic heterocycles. The zero-order chi connectivity index (χ0) is 21.6. The first-order chi connectivity index (χ1) is 15.1. The number of thioether (sulfide) groups is 1. The van der Waals surface area contributed by atoms with Crippen molar-refractivity contribution in [3.8, 4) is 0 Å². The molecular formula is C24H25N3O3S. The fraction of sp³-hybridized carbons (Fsp3) is 0.292. The van der Waals surface area contributed by atoms with E-state index in [-0.39, 0.29) is 17.9 Å². The fourth-order valence-electron chi connectivity index (χ4n) is 3.66. The Morgan fingerprint density at radius 1 is 1.10 bits per heavy atom. The van der Waals surface area contributed by atoms with Crippen molar-refractivity contribution in [1.82, 2.24) is 15.4 Å². The van der Waals surface area contributed by atoms with Crippen LogP contribution in [0.5, 0.6) is 0 Å². The van der Waals surface area contributed by atoms with Gasteiger partial charge in [-0.05, 0) is 44.0 Å². The molecule has 3 aromatic rings. The Kier molecular flexibility index (Phi) is 6.72. The molecule has 2 aromatic carbocycles. The summed E-state index contributed by atoms with van der Waals surface area (Å²) in [6.45, 7) is 3.14. The molecule has 1 N–H and O–H groups in total. The van der Waals surface area contributed by atoms with Crippen LogP contribution < -0.4 is 5.32 Å². The third-order valence-electron chi connectivity index (χ3n) is 5.32. The number of nitrogens with one attached hydrogen (secondary N) is 1. The first kappa shape index (κ1) is 21.2. The highest BCUT2D eigenvalue weighted by Crippen LogP contribution is 2.28. The van der Waals surface area contributed by atoms with Crippen molar-refractivity contribution in [1.29, 1.82) is 0 Å². The molecule has 0 radical (unpaired) electrons. The van der Waals surface area contributed by atoms with Gasteiger partial charge in [-0.2, -0.15) is 0 Å². The van der Waals surface area contributed by atoms with Gasteiger partial charge in [0.05, 0.1) is 17.0 Å². The summed E-state index contributed by atoms with van der Waals surface area (Å²) in [5.74, 6) is 1.39. The van der Waals surface area contributed by atoms with Crippen LogP contribution in [0.4, 0.5) is 0 Å². The van der Waals surface area contributed by atoms with Crippen LogP contribution >= 0.6 is 11.8 Å². The molecule has 4 rings (SSSR count). The Bertz CT molecular complexity index is 1040. The molecule has 160 valence electrons. The predicted octanol–water partition coefficient (Wildman–Crippen LogP) is 4.31. The van der Waals surface area contributed by atoms with E-state index in [1.165, 1.54) is 0 Å². The smallest absolute Gasteiger partial charge is 0.254 e. The molecule has 7 heteroatoms. The van der Waals surface area contributed by atoms with Crippen molar-refractivity contribution in [3.05, 3.63) is 83.2 Å². The lowest BCUT2D eigenvalue weighted by Gasteiger charge is -2.32. The number of nitrogens with zero attached hydrogens (tertiary/aromatic N) is 2. The number of aromatic nitrogens is 1. The maximum absolute atomic E-state index is 13.2. The Morgan fingerprint density at radius 3 is 2.52 bits per heavy atom. The number of hydrogen-bond acceptors (Lipinski definition) is 5. The van der Waals surface area contributed by atoms with Crippen LogP contribution in [0.3, 0.4) is 0 Å². The lowest BCUT2D eigenvalue weighted by Crippen LogP contribution is -2.46. The second-order valence-electron chi connectivity index (χ2n) is 7.63. The van der Waals surface area contributed by atoms with Gasteiger partial charge in [0.25, 0.3) is 11.8 Å². The average Bonchev–Trinajstić information content (AvgIpc) is 3.23. The minimum absolute atomic E-state index is 0.0321. The van der Waals surface area contributed by atoms with Crippen LogP contribution in [-0.2, 0) is 5.75 Å². The zero-order valence-electron chi connectivity index (χ0n) is 17.4. The molecule has 0 bridgehead atoms. The van der Waals surface area contributed by atoms with Crippen LogP contribution in [0.1, 0.15) is 45.0 Å². The summed E-state index contributed by atoms with van der Waals surface area (Å²) in [5.41, 5.74) is 2.21. The number of likely N-dealkylation sites (tertiary alicyclic amines) is 1. The molecule has 1 fully saturated rings. The van der Waals surface area contributed by atoms with Gasteiger partial charge in [-0.15, -0.1) is 11.8 Å². The zero-order valence-corrected chi connectivity index (χ0v) is 18.2. The number of hydrogen-bond donors (Lipinski definition) is 1. The van der Waals surface area contributed by atoms with E-state index in [1.807, 2.05) is 72.5 Å². The fourth-order valence-corrected chi connectivity index (χ4v) is 4.58. The van der Waals surface area contributed by atoms with E-state index in [4.69, 9.17) is 4.52 Å². The highest BCUT2D eigenvalue weighted by molar-refractivity contribution is 7.98.